The highest BCUT2D eigenvalue weighted by atomic mass is 127. The number of methoxy groups -OCH3 is 2. The van der Waals surface area contributed by atoms with Crippen LogP contribution >= 0.6 is 38.5 Å². The average molecular weight is 508 g/mol. The van der Waals surface area contributed by atoms with E-state index in [4.69, 9.17) is 9.47 Å². The molecule has 2 rings (SSSR count). The molecule has 1 aliphatic rings. The van der Waals surface area contributed by atoms with E-state index >= 15 is 0 Å². The molecule has 0 aromatic heterocycles. The fraction of sp³-hybridized carbons (Fsp3) is 0.125. The Kier molecular flexibility index (Phi) is 6.16. The number of carbonyl (C=O) groups excluding carboxylic acids is 2. The monoisotopic (exact) mass is 507 g/mol. The number of hydrogen-bond donors (Lipinski definition) is 0. The Hall–Kier alpha value is -1.68. The van der Waals surface area contributed by atoms with Gasteiger partial charge in [-0.3, -0.25) is 0 Å². The summed E-state index contributed by atoms with van der Waals surface area (Å²) in [5.41, 5.74) is 0.319. The molecule has 24 heavy (non-hydrogen) atoms. The lowest BCUT2D eigenvalue weighted by Gasteiger charge is -2.24. The highest BCUT2D eigenvalue weighted by Crippen LogP contribution is 2.35. The lowest BCUT2D eigenvalue weighted by atomic mass is 10.1. The molecule has 0 radical (unpaired) electrons. The molecule has 5 nitrogen and oxygen atoms in total. The van der Waals surface area contributed by atoms with Crippen molar-refractivity contribution in [1.29, 1.82) is 0 Å². The molecule has 8 heteroatoms. The van der Waals surface area contributed by atoms with Crippen LogP contribution in [0.4, 0.5) is 10.1 Å². The molecule has 1 aromatic rings. The first-order valence-electron chi connectivity index (χ1n) is 6.60. The third-order valence-electron chi connectivity index (χ3n) is 3.12. The van der Waals surface area contributed by atoms with Crippen LogP contribution < -0.4 is 4.90 Å². The quantitative estimate of drug-likeness (QED) is 0.355. The standard InChI is InChI=1S/C16H12BrFINO4/c1-23-15(21)10-5-3-4-6-20(14(10)16(22)24-2)12-8-9(18)7-11(17)13(12)19/h3-8H,1-2H3. The SMILES string of the molecule is COC(=O)C1=C(C(=O)OC)N(c2cc(F)cc(Br)c2I)C=CC=C1. The van der Waals surface area contributed by atoms with Gasteiger partial charge in [-0.15, -0.1) is 0 Å². The van der Waals surface area contributed by atoms with Gasteiger partial charge in [-0.2, -0.15) is 0 Å². The van der Waals surface area contributed by atoms with Crippen LogP contribution in [-0.2, 0) is 19.1 Å². The number of allylic oxidation sites excluding steroid dienone is 2. The molecular formula is C16H12BrFINO4. The minimum Gasteiger partial charge on any atom is -0.465 e. The highest BCUT2D eigenvalue weighted by molar-refractivity contribution is 14.1. The fourth-order valence-electron chi connectivity index (χ4n) is 2.07. The van der Waals surface area contributed by atoms with Gasteiger partial charge in [-0.1, -0.05) is 6.08 Å². The van der Waals surface area contributed by atoms with Gasteiger partial charge in [0.2, 0.25) is 0 Å². The molecule has 0 unspecified atom stereocenters. The zero-order valence-corrected chi connectivity index (χ0v) is 16.4. The van der Waals surface area contributed by atoms with Gasteiger partial charge in [0.05, 0.1) is 29.1 Å². The number of benzene rings is 1. The number of carbonyl (C=O) groups is 2. The van der Waals surface area contributed by atoms with Crippen molar-refractivity contribution in [3.63, 3.8) is 0 Å². The highest BCUT2D eigenvalue weighted by Gasteiger charge is 2.29. The van der Waals surface area contributed by atoms with Crippen LogP contribution in [0.3, 0.4) is 0 Å². The largest absolute Gasteiger partial charge is 0.465 e. The van der Waals surface area contributed by atoms with Crippen molar-refractivity contribution in [3.8, 4) is 0 Å². The Morgan fingerprint density at radius 1 is 1.17 bits per heavy atom. The first kappa shape index (κ1) is 18.7. The second-order valence-corrected chi connectivity index (χ2v) is 6.47. The van der Waals surface area contributed by atoms with Crippen LogP contribution in [0.15, 0.2) is 52.3 Å². The first-order valence-corrected chi connectivity index (χ1v) is 8.47. The lowest BCUT2D eigenvalue weighted by molar-refractivity contribution is -0.139. The molecule has 1 aromatic carbocycles. The number of nitrogens with zero attached hydrogens (tertiary/aromatic N) is 1. The lowest BCUT2D eigenvalue weighted by Crippen LogP contribution is -2.27. The number of halogens is 3. The Labute approximate surface area is 160 Å². The maximum atomic E-state index is 13.9. The number of rotatable bonds is 3. The van der Waals surface area contributed by atoms with Gasteiger partial charge in [-0.05, 0) is 62.8 Å². The van der Waals surface area contributed by atoms with Crippen molar-refractivity contribution in [3.05, 3.63) is 61.7 Å². The van der Waals surface area contributed by atoms with E-state index in [1.807, 2.05) is 22.6 Å². The third kappa shape index (κ3) is 3.69. The topological polar surface area (TPSA) is 55.8 Å². The summed E-state index contributed by atoms with van der Waals surface area (Å²) in [4.78, 5) is 25.8. The molecular weight excluding hydrogens is 496 g/mol. The van der Waals surface area contributed by atoms with Gasteiger partial charge in [-0.25, -0.2) is 14.0 Å². The van der Waals surface area contributed by atoms with E-state index in [2.05, 4.69) is 15.9 Å². The number of ether oxygens (including phenoxy) is 2. The summed E-state index contributed by atoms with van der Waals surface area (Å²) in [6.45, 7) is 0. The van der Waals surface area contributed by atoms with Gasteiger partial charge >= 0.3 is 11.9 Å². The van der Waals surface area contributed by atoms with Crippen molar-refractivity contribution in [2.24, 2.45) is 0 Å². The van der Waals surface area contributed by atoms with E-state index in [0.29, 0.717) is 13.7 Å². The molecule has 0 saturated carbocycles. The first-order chi connectivity index (χ1) is 11.4. The fourth-order valence-corrected chi connectivity index (χ4v) is 3.06. The van der Waals surface area contributed by atoms with Gasteiger partial charge in [0.1, 0.15) is 11.5 Å². The van der Waals surface area contributed by atoms with Crippen LogP contribution in [0.25, 0.3) is 0 Å². The zero-order valence-electron chi connectivity index (χ0n) is 12.7. The van der Waals surface area contributed by atoms with Crippen molar-refractivity contribution < 1.29 is 23.5 Å². The van der Waals surface area contributed by atoms with E-state index in [-0.39, 0.29) is 11.3 Å². The number of anilines is 1. The third-order valence-corrected chi connectivity index (χ3v) is 5.62. The molecule has 1 aliphatic heterocycles. The number of hydrogen-bond acceptors (Lipinski definition) is 5. The van der Waals surface area contributed by atoms with E-state index < -0.39 is 17.8 Å². The molecule has 0 aliphatic carbocycles. The molecule has 0 N–H and O–H groups in total. The maximum absolute atomic E-state index is 13.9. The van der Waals surface area contributed by atoms with E-state index in [9.17, 15) is 14.0 Å². The summed E-state index contributed by atoms with van der Waals surface area (Å²) in [6.07, 6.45) is 6.18. The number of esters is 2. The summed E-state index contributed by atoms with van der Waals surface area (Å²) >= 11 is 5.29. The second-order valence-electron chi connectivity index (χ2n) is 4.54. The van der Waals surface area contributed by atoms with Crippen molar-refractivity contribution in [2.75, 3.05) is 19.1 Å². The molecule has 0 fully saturated rings. The van der Waals surface area contributed by atoms with Gasteiger partial charge in [0.15, 0.2) is 0 Å². The van der Waals surface area contributed by atoms with Crippen LogP contribution in [0.1, 0.15) is 0 Å². The Morgan fingerprint density at radius 2 is 1.83 bits per heavy atom. The summed E-state index contributed by atoms with van der Waals surface area (Å²) in [5.74, 6) is -1.94. The van der Waals surface area contributed by atoms with Gasteiger partial charge in [0, 0.05) is 10.7 Å². The molecule has 1 heterocycles. The van der Waals surface area contributed by atoms with Crippen LogP contribution in [-0.4, -0.2) is 26.2 Å². The summed E-state index contributed by atoms with van der Waals surface area (Å²) in [7, 11) is 2.41. The van der Waals surface area contributed by atoms with Crippen LogP contribution in [0.2, 0.25) is 0 Å². The Balaban J connectivity index is 2.75. The van der Waals surface area contributed by atoms with E-state index in [0.717, 1.165) is 0 Å². The predicted molar refractivity (Wildman–Crippen MR) is 98.6 cm³/mol. The second kappa shape index (κ2) is 7.93. The summed E-state index contributed by atoms with van der Waals surface area (Å²) in [6, 6.07) is 2.58. The normalized spacial score (nSPS) is 13.8. The van der Waals surface area contributed by atoms with E-state index in [1.165, 1.54) is 37.3 Å². The molecule has 0 atom stereocenters. The Morgan fingerprint density at radius 3 is 2.46 bits per heavy atom. The average Bonchev–Trinajstić information content (AvgIpc) is 2.79. The summed E-state index contributed by atoms with van der Waals surface area (Å²) < 4.78 is 24.6. The minimum atomic E-state index is -0.747. The minimum absolute atomic E-state index is 0.00512. The zero-order chi connectivity index (χ0) is 17.9. The van der Waals surface area contributed by atoms with Crippen molar-refractivity contribution in [1.82, 2.24) is 0 Å². The predicted octanol–water partition coefficient (Wildman–Crippen LogP) is 3.68. The van der Waals surface area contributed by atoms with Crippen LogP contribution in [0.5, 0.6) is 0 Å². The Bertz CT molecular complexity index is 789. The molecule has 126 valence electrons. The molecule has 0 spiro atoms. The van der Waals surface area contributed by atoms with Gasteiger partial charge < -0.3 is 14.4 Å². The summed E-state index contributed by atoms with van der Waals surface area (Å²) in [5, 5.41) is 0. The molecule has 0 bridgehead atoms. The van der Waals surface area contributed by atoms with Crippen LogP contribution in [0, 0.1) is 9.39 Å². The molecule has 0 saturated heterocycles. The maximum Gasteiger partial charge on any atom is 0.355 e. The van der Waals surface area contributed by atoms with Crippen molar-refractivity contribution >= 4 is 56.1 Å². The smallest absolute Gasteiger partial charge is 0.355 e. The molecule has 0 amide bonds. The van der Waals surface area contributed by atoms with E-state index in [1.54, 1.807) is 18.4 Å². The van der Waals surface area contributed by atoms with Gasteiger partial charge in [0.25, 0.3) is 0 Å². The van der Waals surface area contributed by atoms with Crippen molar-refractivity contribution in [2.45, 2.75) is 0 Å².